The smallest absolute Gasteiger partial charge is 0.413 e. The van der Waals surface area contributed by atoms with Crippen molar-refractivity contribution in [3.8, 4) is 46.0 Å². The molecule has 2 saturated heterocycles. The van der Waals surface area contributed by atoms with E-state index in [2.05, 4.69) is 19.5 Å². The number of nitrogens with zero attached hydrogens (tertiary/aromatic N) is 8. The predicted molar refractivity (Wildman–Crippen MR) is 330 cm³/mol. The fraction of sp³-hybridized carbons (Fsp3) is 0.172. The van der Waals surface area contributed by atoms with Crippen LogP contribution in [0.5, 0.6) is 46.0 Å². The van der Waals surface area contributed by atoms with E-state index in [9.17, 15) is 0 Å². The summed E-state index contributed by atoms with van der Waals surface area (Å²) in [5, 5.41) is 7.69. The lowest BCUT2D eigenvalue weighted by Crippen LogP contribution is -2.38. The first-order valence-electron chi connectivity index (χ1n) is 27.1. The van der Waals surface area contributed by atoms with Crippen LogP contribution >= 0.6 is 45.6 Å². The minimum absolute atomic E-state index is 0.531. The number of hydrogen-bond donors (Lipinski definition) is 2. The van der Waals surface area contributed by atoms with Crippen molar-refractivity contribution in [3.05, 3.63) is 243 Å². The molecule has 2 N–H and O–H groups in total. The molecule has 4 aliphatic rings. The molecular weight excluding hydrogens is 1150 g/mol. The van der Waals surface area contributed by atoms with Crippen LogP contribution in [-0.2, 0) is 0 Å². The first-order chi connectivity index (χ1) is 40.3. The Labute approximate surface area is 479 Å². The molecule has 0 saturated carbocycles. The van der Waals surface area contributed by atoms with Gasteiger partial charge in [0.15, 0.2) is 0 Å². The molecule has 24 heteroatoms. The van der Waals surface area contributed by atoms with Crippen LogP contribution in [0, 0.1) is 0 Å². The van der Waals surface area contributed by atoms with Crippen LogP contribution in [0.15, 0.2) is 270 Å². The normalized spacial score (nSPS) is 21.2. The van der Waals surface area contributed by atoms with Crippen molar-refractivity contribution in [2.75, 3.05) is 39.3 Å². The Kier molecular flexibility index (Phi) is 17.4. The molecule has 8 aromatic carbocycles. The summed E-state index contributed by atoms with van der Waals surface area (Å²) in [5.41, 5.74) is 0. The van der Waals surface area contributed by atoms with Gasteiger partial charge in [0.25, 0.3) is 0 Å². The summed E-state index contributed by atoms with van der Waals surface area (Å²) in [4.78, 5) is 0. The molecule has 82 heavy (non-hydrogen) atoms. The Morgan fingerprint density at radius 2 is 0.488 bits per heavy atom. The molecule has 0 bridgehead atoms. The molecule has 2 spiro atoms. The third kappa shape index (κ3) is 13.6. The average molecular weight is 1210 g/mol. The molecule has 422 valence electrons. The van der Waals surface area contributed by atoms with E-state index < -0.39 is 45.6 Å². The van der Waals surface area contributed by atoms with Gasteiger partial charge in [-0.2, -0.15) is 0 Å². The van der Waals surface area contributed by atoms with Crippen molar-refractivity contribution in [3.63, 3.8) is 0 Å². The van der Waals surface area contributed by atoms with E-state index in [-0.39, 0.29) is 0 Å². The van der Waals surface area contributed by atoms with E-state index in [1.807, 2.05) is 243 Å². The third-order valence-corrected chi connectivity index (χ3v) is 31.3. The molecule has 0 unspecified atom stereocenters. The molecule has 4 aliphatic heterocycles. The van der Waals surface area contributed by atoms with Gasteiger partial charge < -0.3 is 36.2 Å². The maximum atomic E-state index is 7.06. The van der Waals surface area contributed by atoms with Gasteiger partial charge in [0.2, 0.25) is 15.0 Å². The van der Waals surface area contributed by atoms with Crippen molar-refractivity contribution in [1.29, 1.82) is 0 Å². The summed E-state index contributed by atoms with van der Waals surface area (Å²) in [7, 11) is -21.7. The number of unbranched alkanes of at least 4 members (excludes halogenated alkanes) is 1. The van der Waals surface area contributed by atoms with Crippen molar-refractivity contribution < 1.29 is 36.2 Å². The SMILES string of the molecule is c1ccc(OP2(Oc3ccccc3)=NP(Oc3ccccc3)(Oc3ccccc3)=N[P@]3(=N2)NCCCN3CCCCN2CCCN[P@@]23=NP(Oc2ccccc2)(Oc2ccccc2)=NP(Oc2ccccc2)(Oc2ccccc2)=N3)cc1. The molecular formula is C58H62N10O8P6. The topological polar surface area (TPSA) is 179 Å². The lowest BCUT2D eigenvalue weighted by Gasteiger charge is -2.42. The minimum Gasteiger partial charge on any atom is -0.413 e. The Balaban J connectivity index is 0.949. The molecule has 12 rings (SSSR count). The summed E-state index contributed by atoms with van der Waals surface area (Å²) in [6.07, 6.45) is 3.14. The highest BCUT2D eigenvalue weighted by Gasteiger charge is 2.50. The van der Waals surface area contributed by atoms with E-state index in [1.54, 1.807) is 0 Å². The highest BCUT2D eigenvalue weighted by molar-refractivity contribution is 7.81. The molecule has 2 atom stereocenters. The van der Waals surface area contributed by atoms with Crippen molar-refractivity contribution in [2.45, 2.75) is 25.7 Å². The zero-order chi connectivity index (χ0) is 55.4. The van der Waals surface area contributed by atoms with Crippen molar-refractivity contribution in [2.24, 2.45) is 27.1 Å². The van der Waals surface area contributed by atoms with Gasteiger partial charge in [-0.1, -0.05) is 155 Å². The van der Waals surface area contributed by atoms with Gasteiger partial charge in [-0.3, -0.25) is 10.2 Å². The number of rotatable bonds is 21. The average Bonchev–Trinajstić information content (AvgIpc) is 3.01. The Morgan fingerprint density at radius 1 is 0.280 bits per heavy atom. The zero-order valence-corrected chi connectivity index (χ0v) is 50.1. The Bertz CT molecular complexity index is 3170. The second-order valence-corrected chi connectivity index (χ2v) is 32.7. The first kappa shape index (κ1) is 55.9. The number of para-hydroxylation sites is 8. The monoisotopic (exact) mass is 1210 g/mol. The van der Waals surface area contributed by atoms with Gasteiger partial charge in [-0.15, -0.1) is 18.1 Å². The molecule has 0 aliphatic carbocycles. The first-order valence-corrected chi connectivity index (χ1v) is 36.5. The van der Waals surface area contributed by atoms with E-state index in [0.717, 1.165) is 25.7 Å². The lowest BCUT2D eigenvalue weighted by atomic mass is 10.3. The second-order valence-electron chi connectivity index (χ2n) is 19.0. The fourth-order valence-electron chi connectivity index (χ4n) is 9.24. The highest BCUT2D eigenvalue weighted by Crippen LogP contribution is 2.80. The van der Waals surface area contributed by atoms with Crippen molar-refractivity contribution in [1.82, 2.24) is 19.5 Å². The van der Waals surface area contributed by atoms with Crippen LogP contribution in [0.4, 0.5) is 0 Å². The standard InChI is InChI=1S/C58H62N10O8P6/c1-9-29-51(30-10-1)69-79(70-52-31-11-2-12-32-52)61-77(62-80(65-79,71-53-33-13-3-14-34-53)72-54-35-15-4-16-36-54)59-45-27-49-67(77)47-25-26-48-68-50-28-46-60-78(68)63-81(73-55-37-17-5-18-38-55,74-56-39-19-6-20-40-56)66-82(64-78,75-57-41-21-7-22-42-57)76-58-43-23-8-24-44-58/h1-24,29-44,59-60H,25-28,45-50H2. The van der Waals surface area contributed by atoms with Gasteiger partial charge in [0.1, 0.15) is 46.0 Å². The van der Waals surface area contributed by atoms with Gasteiger partial charge in [-0.05, 0) is 123 Å². The Morgan fingerprint density at radius 3 is 0.707 bits per heavy atom. The summed E-state index contributed by atoms with van der Waals surface area (Å²) in [6.45, 7) is 3.80. The minimum atomic E-state index is -3.80. The fourth-order valence-corrected chi connectivity index (χ4v) is 30.8. The van der Waals surface area contributed by atoms with Crippen LogP contribution in [0.3, 0.4) is 0 Å². The van der Waals surface area contributed by atoms with E-state index in [4.69, 9.17) is 63.3 Å². The van der Waals surface area contributed by atoms with Gasteiger partial charge in [0, 0.05) is 39.3 Å². The third-order valence-electron chi connectivity index (χ3n) is 12.8. The van der Waals surface area contributed by atoms with E-state index >= 15 is 0 Å². The van der Waals surface area contributed by atoms with E-state index in [0.29, 0.717) is 85.3 Å². The lowest BCUT2D eigenvalue weighted by molar-refractivity contribution is 0.363. The summed E-state index contributed by atoms with van der Waals surface area (Å²) >= 11 is 0. The molecule has 0 amide bonds. The second kappa shape index (κ2) is 25.5. The highest BCUT2D eigenvalue weighted by atomic mass is 31.3. The summed E-state index contributed by atoms with van der Waals surface area (Å²) in [5.74, 6) is 4.25. The molecule has 0 radical (unpaired) electrons. The largest absolute Gasteiger partial charge is 0.457 e. The zero-order valence-electron chi connectivity index (χ0n) is 44.7. The maximum absolute atomic E-state index is 7.06. The predicted octanol–water partition coefficient (Wildman–Crippen LogP) is 18.7. The van der Waals surface area contributed by atoms with Gasteiger partial charge in [-0.25, -0.2) is 9.34 Å². The summed E-state index contributed by atoms with van der Waals surface area (Å²) in [6, 6.07) is 76.2. The number of nitrogens with one attached hydrogen (secondary N) is 2. The Hall–Kier alpha value is -6.62. The van der Waals surface area contributed by atoms with Crippen LogP contribution in [0.1, 0.15) is 25.7 Å². The molecule has 2 fully saturated rings. The quantitative estimate of drug-likeness (QED) is 0.0515. The molecule has 18 nitrogen and oxygen atoms in total. The molecule has 8 aromatic rings. The van der Waals surface area contributed by atoms with E-state index in [1.165, 1.54) is 0 Å². The molecule has 0 aromatic heterocycles. The van der Waals surface area contributed by atoms with Crippen molar-refractivity contribution >= 4 is 45.6 Å². The number of benzene rings is 8. The summed E-state index contributed by atoms with van der Waals surface area (Å²) < 4.78 is 94.8. The van der Waals surface area contributed by atoms with Crippen LogP contribution < -0.4 is 46.4 Å². The number of hydrogen-bond acceptors (Lipinski definition) is 18. The van der Waals surface area contributed by atoms with Gasteiger partial charge in [0.05, 0.1) is 0 Å². The van der Waals surface area contributed by atoms with Crippen LogP contribution in [0.2, 0.25) is 0 Å². The van der Waals surface area contributed by atoms with Crippen LogP contribution in [0.25, 0.3) is 0 Å². The maximum Gasteiger partial charge on any atom is 0.457 e. The molecule has 4 heterocycles. The van der Waals surface area contributed by atoms with Crippen LogP contribution in [-0.4, -0.2) is 48.6 Å². The van der Waals surface area contributed by atoms with Gasteiger partial charge >= 0.3 is 30.6 Å².